The van der Waals surface area contributed by atoms with Gasteiger partial charge < -0.3 is 28.4 Å². The molecule has 2 aromatic carbocycles. The van der Waals surface area contributed by atoms with E-state index in [-0.39, 0.29) is 23.4 Å². The maximum Gasteiger partial charge on any atom is 0.349 e. The first-order valence-electron chi connectivity index (χ1n) is 10.5. The van der Waals surface area contributed by atoms with Gasteiger partial charge >= 0.3 is 11.6 Å². The average molecular weight is 475 g/mol. The number of furan rings is 1. The Morgan fingerprint density at radius 2 is 1.83 bits per heavy atom. The third kappa shape index (κ3) is 5.59. The van der Waals surface area contributed by atoms with E-state index in [0.29, 0.717) is 28.2 Å². The van der Waals surface area contributed by atoms with Crippen molar-refractivity contribution < 1.29 is 32.6 Å². The summed E-state index contributed by atoms with van der Waals surface area (Å²) in [6, 6.07) is 14.5. The quantitative estimate of drug-likeness (QED) is 0.176. The van der Waals surface area contributed by atoms with E-state index in [1.54, 1.807) is 42.5 Å². The Morgan fingerprint density at radius 1 is 1.00 bits per heavy atom. The number of methoxy groups -OCH3 is 2. The molecule has 0 unspecified atom stereocenters. The van der Waals surface area contributed by atoms with Gasteiger partial charge in [-0.05, 0) is 54.1 Å². The zero-order valence-electron chi connectivity index (χ0n) is 18.9. The molecule has 0 bridgehead atoms. The van der Waals surface area contributed by atoms with Gasteiger partial charge in [0, 0.05) is 17.5 Å². The van der Waals surface area contributed by atoms with Gasteiger partial charge in [0.1, 0.15) is 22.7 Å². The lowest BCUT2D eigenvalue weighted by atomic mass is 10.1. The number of nitrogens with one attached hydrogen (secondary N) is 1. The van der Waals surface area contributed by atoms with Crippen LogP contribution in [-0.4, -0.2) is 26.1 Å². The Labute approximate surface area is 199 Å². The molecule has 178 valence electrons. The maximum atomic E-state index is 12.4. The molecule has 0 aliphatic carbocycles. The molecule has 0 saturated carbocycles. The summed E-state index contributed by atoms with van der Waals surface area (Å²) in [5.74, 6) is 0.612. The molecule has 0 spiro atoms. The molecule has 2 aromatic heterocycles. The lowest BCUT2D eigenvalue weighted by Gasteiger charge is -2.07. The first-order valence-corrected chi connectivity index (χ1v) is 10.5. The predicted octanol–water partition coefficient (Wildman–Crippen LogP) is 3.95. The van der Waals surface area contributed by atoms with E-state index >= 15 is 0 Å². The summed E-state index contributed by atoms with van der Waals surface area (Å²) < 4.78 is 26.2. The number of amides is 1. The van der Waals surface area contributed by atoms with Crippen LogP contribution in [0.3, 0.4) is 0 Å². The fourth-order valence-electron chi connectivity index (χ4n) is 3.26. The molecule has 1 N–H and O–H groups in total. The zero-order chi connectivity index (χ0) is 24.8. The Balaban J connectivity index is 1.45. The molecule has 0 atom stereocenters. The highest BCUT2D eigenvalue weighted by molar-refractivity contribution is 5.97. The Hall–Kier alpha value is -4.79. The lowest BCUT2D eigenvalue weighted by molar-refractivity contribution is -0.128. The monoisotopic (exact) mass is 475 g/mol. The van der Waals surface area contributed by atoms with Crippen LogP contribution in [0.15, 0.2) is 80.6 Å². The van der Waals surface area contributed by atoms with Crippen LogP contribution >= 0.6 is 0 Å². The smallest absolute Gasteiger partial charge is 0.349 e. The Kier molecular flexibility index (Phi) is 6.96. The summed E-state index contributed by atoms with van der Waals surface area (Å²) in [6.45, 7) is 0.134. The molecular weight excluding hydrogens is 454 g/mol. The molecule has 9 heteroatoms. The second-order valence-electron chi connectivity index (χ2n) is 7.28. The first-order chi connectivity index (χ1) is 17.0. The van der Waals surface area contributed by atoms with Gasteiger partial charge in [-0.15, -0.1) is 0 Å². The third-order valence-corrected chi connectivity index (χ3v) is 4.99. The number of fused-ring (bicyclic) bond motifs is 1. The van der Waals surface area contributed by atoms with E-state index in [1.165, 1.54) is 44.8 Å². The van der Waals surface area contributed by atoms with Gasteiger partial charge in [0.2, 0.25) is 0 Å². The van der Waals surface area contributed by atoms with Crippen molar-refractivity contribution in [3.05, 3.63) is 94.2 Å². The van der Waals surface area contributed by atoms with Gasteiger partial charge in [0.25, 0.3) is 5.91 Å². The van der Waals surface area contributed by atoms with E-state index in [2.05, 4.69) is 5.32 Å². The minimum atomic E-state index is -0.814. The number of benzene rings is 2. The second kappa shape index (κ2) is 10.4. The van der Waals surface area contributed by atoms with Gasteiger partial charge in [-0.2, -0.15) is 0 Å². The highest BCUT2D eigenvalue weighted by atomic mass is 16.5. The van der Waals surface area contributed by atoms with Crippen molar-refractivity contribution in [2.75, 3.05) is 14.2 Å². The summed E-state index contributed by atoms with van der Waals surface area (Å²) in [4.78, 5) is 37.0. The second-order valence-corrected chi connectivity index (χ2v) is 7.28. The Bertz CT molecular complexity index is 1450. The van der Waals surface area contributed by atoms with Gasteiger partial charge in [-0.1, -0.05) is 6.07 Å². The SMILES string of the molecule is COc1ccc(/C=C/C(=O)Oc2ccc3cc(C(=O)NCc4ccco4)c(=O)oc3c2)cc1OC. The summed E-state index contributed by atoms with van der Waals surface area (Å²) in [5.41, 5.74) is -0.0772. The van der Waals surface area contributed by atoms with Gasteiger partial charge in [-0.3, -0.25) is 4.79 Å². The molecule has 0 saturated heterocycles. The van der Waals surface area contributed by atoms with Crippen molar-refractivity contribution in [1.29, 1.82) is 0 Å². The van der Waals surface area contributed by atoms with Crippen LogP contribution < -0.4 is 25.2 Å². The van der Waals surface area contributed by atoms with Crippen molar-refractivity contribution in [3.63, 3.8) is 0 Å². The van der Waals surface area contributed by atoms with Crippen LogP contribution in [0.2, 0.25) is 0 Å². The van der Waals surface area contributed by atoms with E-state index < -0.39 is 17.5 Å². The number of carbonyl (C=O) groups excluding carboxylic acids is 2. The fourth-order valence-corrected chi connectivity index (χ4v) is 3.26. The van der Waals surface area contributed by atoms with E-state index in [9.17, 15) is 14.4 Å². The van der Waals surface area contributed by atoms with Gasteiger partial charge in [-0.25, -0.2) is 9.59 Å². The van der Waals surface area contributed by atoms with Crippen LogP contribution in [0.25, 0.3) is 17.0 Å². The lowest BCUT2D eigenvalue weighted by Crippen LogP contribution is -2.27. The van der Waals surface area contributed by atoms with Crippen LogP contribution in [0.5, 0.6) is 17.2 Å². The highest BCUT2D eigenvalue weighted by Gasteiger charge is 2.15. The van der Waals surface area contributed by atoms with E-state index in [1.807, 2.05) is 0 Å². The standard InChI is InChI=1S/C26H21NO8/c1-31-21-9-5-16(12-23(21)32-2)6-10-24(28)34-18-8-7-17-13-20(26(30)35-22(17)14-18)25(29)27-15-19-4-3-11-33-19/h3-14H,15H2,1-2H3,(H,27,29)/b10-6+. The maximum absolute atomic E-state index is 12.4. The van der Waals surface area contributed by atoms with Crippen LogP contribution in [0.1, 0.15) is 21.7 Å². The van der Waals surface area contributed by atoms with E-state index in [0.717, 1.165) is 0 Å². The molecule has 0 radical (unpaired) electrons. The highest BCUT2D eigenvalue weighted by Crippen LogP contribution is 2.28. The first kappa shape index (κ1) is 23.4. The van der Waals surface area contributed by atoms with Crippen molar-refractivity contribution >= 4 is 28.9 Å². The molecule has 0 aliphatic heterocycles. The number of hydrogen-bond acceptors (Lipinski definition) is 8. The molecular formula is C26H21NO8. The topological polar surface area (TPSA) is 117 Å². The largest absolute Gasteiger partial charge is 0.493 e. The zero-order valence-corrected chi connectivity index (χ0v) is 18.9. The van der Waals surface area contributed by atoms with Crippen LogP contribution in [0, 0.1) is 0 Å². The molecule has 35 heavy (non-hydrogen) atoms. The third-order valence-electron chi connectivity index (χ3n) is 4.99. The van der Waals surface area contributed by atoms with Crippen molar-refractivity contribution in [3.8, 4) is 17.2 Å². The summed E-state index contributed by atoms with van der Waals surface area (Å²) in [5, 5.41) is 3.09. The number of rotatable bonds is 8. The van der Waals surface area contributed by atoms with Gasteiger partial charge in [0.15, 0.2) is 11.5 Å². The molecule has 0 fully saturated rings. The average Bonchev–Trinajstić information content (AvgIpc) is 3.39. The summed E-state index contributed by atoms with van der Waals surface area (Å²) >= 11 is 0. The number of esters is 1. The minimum absolute atomic E-state index is 0.134. The molecule has 9 nitrogen and oxygen atoms in total. The Morgan fingerprint density at radius 3 is 2.57 bits per heavy atom. The fraction of sp³-hybridized carbons (Fsp3) is 0.115. The number of hydrogen-bond donors (Lipinski definition) is 1. The summed E-state index contributed by atoms with van der Waals surface area (Å²) in [7, 11) is 3.06. The molecule has 4 rings (SSSR count). The van der Waals surface area contributed by atoms with Crippen molar-refractivity contribution in [1.82, 2.24) is 5.32 Å². The molecule has 4 aromatic rings. The minimum Gasteiger partial charge on any atom is -0.493 e. The molecule has 1 amide bonds. The van der Waals surface area contributed by atoms with E-state index in [4.69, 9.17) is 23.0 Å². The number of ether oxygens (including phenoxy) is 3. The number of carbonyl (C=O) groups is 2. The van der Waals surface area contributed by atoms with Crippen LogP contribution in [0.4, 0.5) is 0 Å². The molecule has 0 aliphatic rings. The summed E-state index contributed by atoms with van der Waals surface area (Å²) in [6.07, 6.45) is 4.31. The van der Waals surface area contributed by atoms with Gasteiger partial charge in [0.05, 0.1) is 27.0 Å². The predicted molar refractivity (Wildman–Crippen MR) is 127 cm³/mol. The molecule has 2 heterocycles. The van der Waals surface area contributed by atoms with Crippen LogP contribution in [-0.2, 0) is 11.3 Å². The normalized spacial score (nSPS) is 10.9. The van der Waals surface area contributed by atoms with Crippen molar-refractivity contribution in [2.45, 2.75) is 6.54 Å². The van der Waals surface area contributed by atoms with Crippen molar-refractivity contribution in [2.24, 2.45) is 0 Å².